The van der Waals surface area contributed by atoms with Crippen LogP contribution in [0.5, 0.6) is 0 Å². The number of piperazine rings is 1. The fraction of sp³-hybridized carbons (Fsp3) is 0.469. The maximum Gasteiger partial charge on any atom is 0.255 e. The molecule has 3 aromatic heterocycles. The Labute approximate surface area is 258 Å². The van der Waals surface area contributed by atoms with E-state index in [1.54, 1.807) is 18.4 Å². The van der Waals surface area contributed by atoms with E-state index >= 15 is 0 Å². The van der Waals surface area contributed by atoms with E-state index in [1.165, 1.54) is 19.2 Å². The van der Waals surface area contributed by atoms with Crippen LogP contribution in [-0.2, 0) is 5.41 Å². The SMILES string of the molecule is Cc1ccc(C(=O)Nc2coc(C(C)(C)C)c2)cc1Nc1ncnc2c(N)nc(N3CCN(C4CCN(C)CC4)CC3)nc12. The van der Waals surface area contributed by atoms with Crippen LogP contribution >= 0.6 is 0 Å². The van der Waals surface area contributed by atoms with Crippen molar-refractivity contribution < 1.29 is 9.21 Å². The van der Waals surface area contributed by atoms with Crippen LogP contribution in [-0.4, -0.2) is 88.0 Å². The molecule has 2 saturated heterocycles. The number of carbonyl (C=O) groups excluding carboxylic acids is 1. The van der Waals surface area contributed by atoms with Gasteiger partial charge in [-0.05, 0) is 57.6 Å². The van der Waals surface area contributed by atoms with E-state index in [2.05, 4.69) is 68.1 Å². The van der Waals surface area contributed by atoms with Crippen LogP contribution < -0.4 is 21.3 Å². The summed E-state index contributed by atoms with van der Waals surface area (Å²) in [6.07, 6.45) is 5.44. The van der Waals surface area contributed by atoms with E-state index in [1.807, 2.05) is 19.1 Å². The first-order chi connectivity index (χ1) is 21.0. The number of fused-ring (bicyclic) bond motifs is 1. The van der Waals surface area contributed by atoms with Crippen molar-refractivity contribution in [1.29, 1.82) is 0 Å². The van der Waals surface area contributed by atoms with Gasteiger partial charge >= 0.3 is 0 Å². The van der Waals surface area contributed by atoms with Gasteiger partial charge in [0.1, 0.15) is 29.4 Å². The Kier molecular flexibility index (Phi) is 8.12. The lowest BCUT2D eigenvalue weighted by atomic mass is 9.93. The van der Waals surface area contributed by atoms with Crippen LogP contribution in [0.15, 0.2) is 41.3 Å². The number of nitrogen functional groups attached to an aromatic ring is 1. The van der Waals surface area contributed by atoms with Crippen molar-refractivity contribution in [2.24, 2.45) is 0 Å². The van der Waals surface area contributed by atoms with Gasteiger partial charge in [-0.15, -0.1) is 0 Å². The first-order valence-electron chi connectivity index (χ1n) is 15.3. The average molecular weight is 599 g/mol. The maximum atomic E-state index is 13.1. The molecule has 0 unspecified atom stereocenters. The lowest BCUT2D eigenvalue weighted by molar-refractivity contribution is 0.102. The van der Waals surface area contributed by atoms with Crippen LogP contribution in [0.1, 0.15) is 55.3 Å². The zero-order valence-corrected chi connectivity index (χ0v) is 26.2. The summed E-state index contributed by atoms with van der Waals surface area (Å²) in [4.78, 5) is 38.8. The van der Waals surface area contributed by atoms with Gasteiger partial charge < -0.3 is 30.6 Å². The number of hydrogen-bond acceptors (Lipinski definition) is 11. The summed E-state index contributed by atoms with van der Waals surface area (Å²) in [7, 11) is 2.20. The van der Waals surface area contributed by atoms with Gasteiger partial charge in [-0.25, -0.2) is 15.0 Å². The maximum absolute atomic E-state index is 13.1. The molecule has 232 valence electrons. The van der Waals surface area contributed by atoms with E-state index in [4.69, 9.17) is 15.1 Å². The highest BCUT2D eigenvalue weighted by atomic mass is 16.3. The summed E-state index contributed by atoms with van der Waals surface area (Å²) in [6.45, 7) is 14.1. The van der Waals surface area contributed by atoms with Crippen molar-refractivity contribution >= 4 is 45.9 Å². The highest BCUT2D eigenvalue weighted by Gasteiger charge is 2.28. The number of piperidine rings is 1. The van der Waals surface area contributed by atoms with Crippen molar-refractivity contribution in [3.05, 3.63) is 53.7 Å². The Morgan fingerprint density at radius 2 is 1.75 bits per heavy atom. The second-order valence-corrected chi connectivity index (χ2v) is 12.9. The number of anilines is 5. The summed E-state index contributed by atoms with van der Waals surface area (Å²) >= 11 is 0. The smallest absolute Gasteiger partial charge is 0.255 e. The number of carbonyl (C=O) groups is 1. The lowest BCUT2D eigenvalue weighted by Gasteiger charge is -2.42. The minimum absolute atomic E-state index is 0.155. The number of aromatic nitrogens is 4. The van der Waals surface area contributed by atoms with Gasteiger partial charge in [0.15, 0.2) is 11.6 Å². The molecule has 0 atom stereocenters. The molecule has 2 aliphatic heterocycles. The van der Waals surface area contributed by atoms with Gasteiger partial charge in [0, 0.05) is 55.0 Å². The number of nitrogens with one attached hydrogen (secondary N) is 2. The molecule has 5 heterocycles. The molecule has 1 amide bonds. The summed E-state index contributed by atoms with van der Waals surface area (Å²) in [5.74, 6) is 1.95. The largest absolute Gasteiger partial charge is 0.467 e. The van der Waals surface area contributed by atoms with E-state index in [0.29, 0.717) is 45.9 Å². The topological polar surface area (TPSA) is 142 Å². The monoisotopic (exact) mass is 598 g/mol. The molecule has 4 N–H and O–H groups in total. The average Bonchev–Trinajstić information content (AvgIpc) is 3.48. The Morgan fingerprint density at radius 1 is 1.00 bits per heavy atom. The fourth-order valence-corrected chi connectivity index (χ4v) is 5.86. The van der Waals surface area contributed by atoms with Crippen LogP contribution in [0.25, 0.3) is 11.0 Å². The minimum Gasteiger partial charge on any atom is -0.467 e. The molecule has 4 aromatic rings. The molecule has 0 aliphatic carbocycles. The molecular formula is C32H42N10O2. The fourth-order valence-electron chi connectivity index (χ4n) is 5.86. The molecule has 2 fully saturated rings. The zero-order chi connectivity index (χ0) is 31.0. The third-order valence-corrected chi connectivity index (χ3v) is 8.65. The zero-order valence-electron chi connectivity index (χ0n) is 26.2. The number of rotatable bonds is 6. The van der Waals surface area contributed by atoms with Crippen molar-refractivity contribution in [1.82, 2.24) is 29.7 Å². The normalized spacial score (nSPS) is 17.2. The number of hydrogen-bond donors (Lipinski definition) is 3. The highest BCUT2D eigenvalue weighted by Crippen LogP contribution is 2.30. The summed E-state index contributed by atoms with van der Waals surface area (Å²) in [6, 6.07) is 7.99. The molecule has 2 aliphatic rings. The highest BCUT2D eigenvalue weighted by molar-refractivity contribution is 6.05. The molecule has 0 radical (unpaired) electrons. The van der Waals surface area contributed by atoms with Crippen LogP contribution in [0.2, 0.25) is 0 Å². The molecule has 6 rings (SSSR count). The second-order valence-electron chi connectivity index (χ2n) is 12.9. The third kappa shape index (κ3) is 6.31. The Bertz CT molecular complexity index is 1650. The Balaban J connectivity index is 1.20. The number of nitrogens with two attached hydrogens (primary N) is 1. The molecule has 0 bridgehead atoms. The Hall–Kier alpha value is -4.29. The van der Waals surface area contributed by atoms with Gasteiger partial charge in [-0.3, -0.25) is 9.69 Å². The third-order valence-electron chi connectivity index (χ3n) is 8.65. The van der Waals surface area contributed by atoms with Gasteiger partial charge in [0.2, 0.25) is 5.95 Å². The number of amides is 1. The second kappa shape index (κ2) is 12.0. The lowest BCUT2D eigenvalue weighted by Crippen LogP contribution is -2.53. The number of likely N-dealkylation sites (tertiary alicyclic amines) is 1. The Morgan fingerprint density at radius 3 is 2.45 bits per heavy atom. The molecule has 0 spiro atoms. The first-order valence-corrected chi connectivity index (χ1v) is 15.3. The molecule has 12 nitrogen and oxygen atoms in total. The van der Waals surface area contributed by atoms with Crippen LogP contribution in [0.3, 0.4) is 0 Å². The van der Waals surface area contributed by atoms with Gasteiger partial charge in [0.25, 0.3) is 5.91 Å². The van der Waals surface area contributed by atoms with Crippen molar-refractivity contribution in [3.63, 3.8) is 0 Å². The molecular weight excluding hydrogens is 556 g/mol. The molecule has 12 heteroatoms. The van der Waals surface area contributed by atoms with Crippen LogP contribution in [0, 0.1) is 6.92 Å². The quantitative estimate of drug-likeness (QED) is 0.290. The minimum atomic E-state index is -0.241. The predicted molar refractivity (Wildman–Crippen MR) is 174 cm³/mol. The standard InChI is InChI=1S/C32H42N10O2/c1-20-6-7-21(30(43)36-22-17-25(44-18-22)32(2,3)4)16-24(20)37-29-27-26(34-19-35-29)28(33)39-31(38-27)42-14-12-41(13-15-42)23-8-10-40(5)11-9-23/h6-7,16-19,23H,8-15H2,1-5H3,(H,36,43)(H2,33,38,39)(H,34,35,37). The number of benzene rings is 1. The predicted octanol–water partition coefficient (Wildman–Crippen LogP) is 4.41. The van der Waals surface area contributed by atoms with Crippen molar-refractivity contribution in [3.8, 4) is 0 Å². The van der Waals surface area contributed by atoms with Gasteiger partial charge in [-0.1, -0.05) is 26.8 Å². The van der Waals surface area contributed by atoms with Gasteiger partial charge in [-0.2, -0.15) is 4.98 Å². The molecule has 1 aromatic carbocycles. The first kappa shape index (κ1) is 29.8. The number of aryl methyl sites for hydroxylation is 1. The molecule has 44 heavy (non-hydrogen) atoms. The summed E-state index contributed by atoms with van der Waals surface area (Å²) < 4.78 is 5.66. The number of nitrogens with zero attached hydrogens (tertiary/aromatic N) is 7. The van der Waals surface area contributed by atoms with Crippen LogP contribution in [0.4, 0.5) is 29.0 Å². The summed E-state index contributed by atoms with van der Waals surface area (Å²) in [5, 5.41) is 6.32. The van der Waals surface area contributed by atoms with E-state index in [0.717, 1.165) is 56.3 Å². The van der Waals surface area contributed by atoms with Crippen molar-refractivity contribution in [2.45, 2.75) is 52.0 Å². The number of furan rings is 1. The van der Waals surface area contributed by atoms with Crippen molar-refractivity contribution in [2.75, 3.05) is 67.6 Å². The van der Waals surface area contributed by atoms with E-state index in [9.17, 15) is 4.79 Å². The summed E-state index contributed by atoms with van der Waals surface area (Å²) in [5.41, 5.74) is 10.1. The van der Waals surface area contributed by atoms with E-state index < -0.39 is 0 Å². The molecule has 0 saturated carbocycles. The van der Waals surface area contributed by atoms with Gasteiger partial charge in [0.05, 0.1) is 5.69 Å². The van der Waals surface area contributed by atoms with E-state index in [-0.39, 0.29) is 11.3 Å².